The number of hydrogen-bond acceptors (Lipinski definition) is 1. The van der Waals surface area contributed by atoms with Gasteiger partial charge in [-0.25, -0.2) is 0 Å². The van der Waals surface area contributed by atoms with E-state index in [2.05, 4.69) is 6.92 Å². The van der Waals surface area contributed by atoms with Crippen LogP contribution in [0.2, 0.25) is 0 Å². The average Bonchev–Trinajstić information content (AvgIpc) is 1.89. The molecule has 1 heteroatoms. The molecule has 0 saturated heterocycles. The van der Waals surface area contributed by atoms with Crippen molar-refractivity contribution in [3.8, 4) is 0 Å². The number of rotatable bonds is 5. The number of hydrogen-bond donors (Lipinski definition) is 1. The maximum absolute atomic E-state index is 9.55. The topological polar surface area (TPSA) is 20.2 Å². The van der Waals surface area contributed by atoms with E-state index in [4.69, 9.17) is 0 Å². The van der Waals surface area contributed by atoms with Crippen molar-refractivity contribution in [2.75, 3.05) is 0 Å². The van der Waals surface area contributed by atoms with Crippen LogP contribution in [0.25, 0.3) is 0 Å². The lowest BCUT2D eigenvalue weighted by atomic mass is 9.96. The Bertz CT molecular complexity index is 76.8. The monoisotopic (exact) mass is 144 g/mol. The van der Waals surface area contributed by atoms with Crippen molar-refractivity contribution in [1.29, 1.82) is 0 Å². The van der Waals surface area contributed by atoms with Crippen LogP contribution < -0.4 is 0 Å². The molecular formula is C9H20O. The molecule has 0 aliphatic rings. The van der Waals surface area contributed by atoms with Gasteiger partial charge in [0.25, 0.3) is 0 Å². The van der Waals surface area contributed by atoms with Crippen LogP contribution in [0.1, 0.15) is 52.9 Å². The van der Waals surface area contributed by atoms with Gasteiger partial charge in [0.2, 0.25) is 0 Å². The van der Waals surface area contributed by atoms with Gasteiger partial charge in [-0.15, -0.1) is 0 Å². The van der Waals surface area contributed by atoms with Crippen molar-refractivity contribution in [3.05, 3.63) is 0 Å². The highest BCUT2D eigenvalue weighted by Crippen LogP contribution is 2.17. The number of aliphatic hydroxyl groups is 1. The van der Waals surface area contributed by atoms with Gasteiger partial charge < -0.3 is 5.11 Å². The van der Waals surface area contributed by atoms with Gasteiger partial charge in [-0.2, -0.15) is 0 Å². The van der Waals surface area contributed by atoms with Crippen LogP contribution in [0.5, 0.6) is 0 Å². The molecule has 0 spiro atoms. The molecule has 0 rings (SSSR count). The molecule has 0 amide bonds. The lowest BCUT2D eigenvalue weighted by molar-refractivity contribution is 0.0444. The van der Waals surface area contributed by atoms with Gasteiger partial charge in [-0.05, 0) is 19.8 Å². The maximum Gasteiger partial charge on any atom is 0.0617 e. The summed E-state index contributed by atoms with van der Waals surface area (Å²) in [5.74, 6) is 0. The first-order chi connectivity index (χ1) is 4.62. The Balaban J connectivity index is 3.28. The van der Waals surface area contributed by atoms with E-state index < -0.39 is 5.60 Å². The van der Waals surface area contributed by atoms with E-state index in [1.165, 1.54) is 12.8 Å². The average molecular weight is 144 g/mol. The zero-order valence-corrected chi connectivity index (χ0v) is 7.48. The van der Waals surface area contributed by atoms with Gasteiger partial charge in [0, 0.05) is 0 Å². The van der Waals surface area contributed by atoms with E-state index in [-0.39, 0.29) is 0 Å². The standard InChI is InChI=1S/C9H20O/c1-4-6-7-8-9(3,10)5-2/h10H,4-8H2,1-3H3/t9-/m1/s1. The van der Waals surface area contributed by atoms with Crippen molar-refractivity contribution < 1.29 is 5.11 Å². The molecule has 10 heavy (non-hydrogen) atoms. The summed E-state index contributed by atoms with van der Waals surface area (Å²) in [4.78, 5) is 0. The molecule has 0 heterocycles. The summed E-state index contributed by atoms with van der Waals surface area (Å²) in [5.41, 5.74) is -0.408. The second-order valence-electron chi connectivity index (χ2n) is 3.31. The van der Waals surface area contributed by atoms with Crippen molar-refractivity contribution in [2.45, 2.75) is 58.5 Å². The highest BCUT2D eigenvalue weighted by Gasteiger charge is 2.15. The summed E-state index contributed by atoms with van der Waals surface area (Å²) in [6.45, 7) is 6.13. The Morgan fingerprint density at radius 3 is 2.20 bits per heavy atom. The quantitative estimate of drug-likeness (QED) is 0.588. The Kier molecular flexibility index (Phi) is 4.71. The highest BCUT2D eigenvalue weighted by atomic mass is 16.3. The summed E-state index contributed by atoms with van der Waals surface area (Å²) >= 11 is 0. The molecule has 0 aliphatic carbocycles. The molecule has 0 fully saturated rings. The summed E-state index contributed by atoms with van der Waals surface area (Å²) in [6.07, 6.45) is 5.47. The third kappa shape index (κ3) is 4.80. The molecule has 0 radical (unpaired) electrons. The molecule has 0 saturated carbocycles. The van der Waals surface area contributed by atoms with E-state index in [1.54, 1.807) is 0 Å². The van der Waals surface area contributed by atoms with Crippen LogP contribution in [0.4, 0.5) is 0 Å². The first kappa shape index (κ1) is 9.96. The van der Waals surface area contributed by atoms with Crippen molar-refractivity contribution in [1.82, 2.24) is 0 Å². The molecule has 0 bridgehead atoms. The van der Waals surface area contributed by atoms with Gasteiger partial charge in [-0.3, -0.25) is 0 Å². The second-order valence-corrected chi connectivity index (χ2v) is 3.31. The molecule has 1 N–H and O–H groups in total. The van der Waals surface area contributed by atoms with Crippen molar-refractivity contribution in [3.63, 3.8) is 0 Å². The summed E-state index contributed by atoms with van der Waals surface area (Å²) < 4.78 is 0. The van der Waals surface area contributed by atoms with Crippen LogP contribution >= 0.6 is 0 Å². The smallest absolute Gasteiger partial charge is 0.0617 e. The van der Waals surface area contributed by atoms with Gasteiger partial charge in [0.05, 0.1) is 5.60 Å². The lowest BCUT2D eigenvalue weighted by Crippen LogP contribution is -2.22. The van der Waals surface area contributed by atoms with Crippen LogP contribution in [0, 0.1) is 0 Å². The van der Waals surface area contributed by atoms with Crippen LogP contribution in [0.3, 0.4) is 0 Å². The SMILES string of the molecule is CCCCC[C@](C)(O)CC. The van der Waals surface area contributed by atoms with Crippen LogP contribution in [-0.4, -0.2) is 10.7 Å². The Hall–Kier alpha value is -0.0400. The summed E-state index contributed by atoms with van der Waals surface area (Å²) in [5, 5.41) is 9.55. The first-order valence-corrected chi connectivity index (χ1v) is 4.34. The number of unbranched alkanes of at least 4 members (excludes halogenated alkanes) is 2. The Morgan fingerprint density at radius 1 is 1.20 bits per heavy atom. The maximum atomic E-state index is 9.55. The van der Waals surface area contributed by atoms with Gasteiger partial charge >= 0.3 is 0 Å². The fraction of sp³-hybridized carbons (Fsp3) is 1.00. The fourth-order valence-corrected chi connectivity index (χ4v) is 0.933. The Morgan fingerprint density at radius 2 is 1.80 bits per heavy atom. The molecule has 1 nitrogen and oxygen atoms in total. The van der Waals surface area contributed by atoms with E-state index in [0.29, 0.717) is 0 Å². The zero-order chi connectivity index (χ0) is 8.04. The van der Waals surface area contributed by atoms with Crippen LogP contribution in [-0.2, 0) is 0 Å². The minimum Gasteiger partial charge on any atom is -0.390 e. The molecule has 0 aromatic carbocycles. The fourth-order valence-electron chi connectivity index (χ4n) is 0.933. The summed E-state index contributed by atoms with van der Waals surface area (Å²) in [7, 11) is 0. The molecule has 1 atom stereocenters. The zero-order valence-electron chi connectivity index (χ0n) is 7.48. The minimum absolute atomic E-state index is 0.408. The first-order valence-electron chi connectivity index (χ1n) is 4.34. The lowest BCUT2D eigenvalue weighted by Gasteiger charge is -2.20. The van der Waals surface area contributed by atoms with E-state index >= 15 is 0 Å². The predicted octanol–water partition coefficient (Wildman–Crippen LogP) is 2.73. The van der Waals surface area contributed by atoms with Crippen LogP contribution in [0.15, 0.2) is 0 Å². The summed E-state index contributed by atoms with van der Waals surface area (Å²) in [6, 6.07) is 0. The van der Waals surface area contributed by atoms with E-state index in [9.17, 15) is 5.11 Å². The molecule has 0 aromatic rings. The minimum atomic E-state index is -0.408. The second kappa shape index (κ2) is 4.73. The largest absolute Gasteiger partial charge is 0.390 e. The van der Waals surface area contributed by atoms with E-state index in [0.717, 1.165) is 19.3 Å². The van der Waals surface area contributed by atoms with Gasteiger partial charge in [0.15, 0.2) is 0 Å². The molecule has 0 unspecified atom stereocenters. The predicted molar refractivity (Wildman–Crippen MR) is 45.1 cm³/mol. The third-order valence-corrected chi connectivity index (χ3v) is 2.08. The molecular weight excluding hydrogens is 124 g/mol. The highest BCUT2D eigenvalue weighted by molar-refractivity contribution is 4.69. The molecule has 0 aromatic heterocycles. The van der Waals surface area contributed by atoms with E-state index in [1.807, 2.05) is 13.8 Å². The van der Waals surface area contributed by atoms with Crippen molar-refractivity contribution >= 4 is 0 Å². The van der Waals surface area contributed by atoms with Gasteiger partial charge in [0.1, 0.15) is 0 Å². The molecule has 62 valence electrons. The van der Waals surface area contributed by atoms with Crippen molar-refractivity contribution in [2.24, 2.45) is 0 Å². The molecule has 0 aliphatic heterocycles. The van der Waals surface area contributed by atoms with Gasteiger partial charge in [-0.1, -0.05) is 33.1 Å². The normalized spacial score (nSPS) is 16.8. The Labute approximate surface area is 64.5 Å². The third-order valence-electron chi connectivity index (χ3n) is 2.08.